The molecule has 1 atom stereocenters. The topological polar surface area (TPSA) is 32.8 Å². The number of rotatable bonds is 2. The minimum Gasteiger partial charge on any atom is -0.379 e. The fraction of sp³-hybridized carbons (Fsp3) is 0.500. The molecule has 2 fully saturated rings. The van der Waals surface area contributed by atoms with Crippen molar-refractivity contribution in [3.05, 3.63) is 30.3 Å². The van der Waals surface area contributed by atoms with Crippen molar-refractivity contribution in [1.82, 2.24) is 4.90 Å². The average molecular weight is 246 g/mol. The number of hydrogen-bond donors (Lipinski definition) is 0. The van der Waals surface area contributed by atoms with E-state index in [0.717, 1.165) is 45.0 Å². The van der Waals surface area contributed by atoms with E-state index in [2.05, 4.69) is 4.90 Å². The molecule has 1 unspecified atom stereocenters. The van der Waals surface area contributed by atoms with Gasteiger partial charge in [0.2, 0.25) is 5.91 Å². The van der Waals surface area contributed by atoms with E-state index in [1.165, 1.54) is 0 Å². The van der Waals surface area contributed by atoms with Crippen molar-refractivity contribution in [3.8, 4) is 0 Å². The number of ether oxygens (including phenoxy) is 1. The van der Waals surface area contributed by atoms with Gasteiger partial charge in [-0.3, -0.25) is 9.69 Å². The number of para-hydroxylation sites is 1. The highest BCUT2D eigenvalue weighted by molar-refractivity contribution is 5.99. The molecule has 18 heavy (non-hydrogen) atoms. The Morgan fingerprint density at radius 3 is 2.50 bits per heavy atom. The number of benzene rings is 1. The number of nitrogens with zero attached hydrogens (tertiary/aromatic N) is 2. The molecule has 0 N–H and O–H groups in total. The summed E-state index contributed by atoms with van der Waals surface area (Å²) >= 11 is 0. The normalized spacial score (nSPS) is 25.7. The fourth-order valence-electron chi connectivity index (χ4n) is 2.76. The molecular weight excluding hydrogens is 228 g/mol. The second-order valence-corrected chi connectivity index (χ2v) is 4.78. The molecule has 2 heterocycles. The highest BCUT2D eigenvalue weighted by atomic mass is 16.5. The maximum atomic E-state index is 12.4. The van der Waals surface area contributed by atoms with Gasteiger partial charge in [0.15, 0.2) is 0 Å². The molecule has 2 saturated heterocycles. The van der Waals surface area contributed by atoms with E-state index in [9.17, 15) is 4.79 Å². The van der Waals surface area contributed by atoms with Crippen molar-refractivity contribution >= 4 is 11.6 Å². The van der Waals surface area contributed by atoms with E-state index in [1.807, 2.05) is 35.2 Å². The average Bonchev–Trinajstić information content (AvgIpc) is 2.83. The van der Waals surface area contributed by atoms with Gasteiger partial charge in [0.25, 0.3) is 0 Å². The van der Waals surface area contributed by atoms with Crippen LogP contribution >= 0.6 is 0 Å². The fourth-order valence-corrected chi connectivity index (χ4v) is 2.76. The third-order valence-electron chi connectivity index (χ3n) is 3.73. The van der Waals surface area contributed by atoms with Crippen LogP contribution in [0.5, 0.6) is 0 Å². The number of carbonyl (C=O) groups excluding carboxylic acids is 1. The summed E-state index contributed by atoms with van der Waals surface area (Å²) in [5.74, 6) is 0.239. The van der Waals surface area contributed by atoms with Crippen LogP contribution in [0.3, 0.4) is 0 Å². The first kappa shape index (κ1) is 11.7. The molecular formula is C14H18N2O2. The van der Waals surface area contributed by atoms with Gasteiger partial charge in [-0.15, -0.1) is 0 Å². The first-order valence-corrected chi connectivity index (χ1v) is 6.54. The summed E-state index contributed by atoms with van der Waals surface area (Å²) in [7, 11) is 0. The van der Waals surface area contributed by atoms with Crippen LogP contribution in [0.25, 0.3) is 0 Å². The Labute approximate surface area is 107 Å². The quantitative estimate of drug-likeness (QED) is 0.784. The van der Waals surface area contributed by atoms with Crippen molar-refractivity contribution in [1.29, 1.82) is 0 Å². The van der Waals surface area contributed by atoms with Crippen LogP contribution in [0.15, 0.2) is 30.3 Å². The van der Waals surface area contributed by atoms with E-state index >= 15 is 0 Å². The van der Waals surface area contributed by atoms with Crippen LogP contribution in [0, 0.1) is 0 Å². The Morgan fingerprint density at radius 2 is 1.78 bits per heavy atom. The van der Waals surface area contributed by atoms with Gasteiger partial charge in [0, 0.05) is 25.3 Å². The summed E-state index contributed by atoms with van der Waals surface area (Å²) in [5.41, 5.74) is 1.01. The zero-order chi connectivity index (χ0) is 12.4. The van der Waals surface area contributed by atoms with Gasteiger partial charge in [0.1, 0.15) is 0 Å². The van der Waals surface area contributed by atoms with Crippen LogP contribution in [-0.4, -0.2) is 49.7 Å². The van der Waals surface area contributed by atoms with Gasteiger partial charge in [-0.05, 0) is 18.6 Å². The van der Waals surface area contributed by atoms with Crippen LogP contribution in [0.4, 0.5) is 5.69 Å². The van der Waals surface area contributed by atoms with E-state index in [1.54, 1.807) is 0 Å². The third-order valence-corrected chi connectivity index (χ3v) is 3.73. The van der Waals surface area contributed by atoms with Gasteiger partial charge in [-0.25, -0.2) is 0 Å². The van der Waals surface area contributed by atoms with Crippen molar-refractivity contribution in [3.63, 3.8) is 0 Å². The number of carbonyl (C=O) groups is 1. The predicted molar refractivity (Wildman–Crippen MR) is 69.6 cm³/mol. The van der Waals surface area contributed by atoms with Crippen molar-refractivity contribution in [2.45, 2.75) is 12.5 Å². The Hall–Kier alpha value is -1.39. The lowest BCUT2D eigenvalue weighted by Gasteiger charge is -2.31. The third kappa shape index (κ3) is 2.13. The lowest BCUT2D eigenvalue weighted by Crippen LogP contribution is -2.47. The van der Waals surface area contributed by atoms with Crippen molar-refractivity contribution in [2.24, 2.45) is 0 Å². The summed E-state index contributed by atoms with van der Waals surface area (Å²) < 4.78 is 5.34. The summed E-state index contributed by atoms with van der Waals surface area (Å²) in [4.78, 5) is 16.6. The number of morpholine rings is 1. The first-order chi connectivity index (χ1) is 8.86. The standard InChI is InChI=1S/C14H18N2O2/c17-14-13(15-8-10-18-11-9-15)6-7-16(14)12-4-2-1-3-5-12/h1-5,13H,6-11H2. The minimum atomic E-state index is 0.0501. The number of amides is 1. The van der Waals surface area contributed by atoms with Crippen molar-refractivity contribution < 1.29 is 9.53 Å². The van der Waals surface area contributed by atoms with Crippen LogP contribution in [-0.2, 0) is 9.53 Å². The Kier molecular flexibility index (Phi) is 3.30. The number of anilines is 1. The molecule has 3 rings (SSSR count). The zero-order valence-corrected chi connectivity index (χ0v) is 10.4. The maximum Gasteiger partial charge on any atom is 0.244 e. The maximum absolute atomic E-state index is 12.4. The predicted octanol–water partition coefficient (Wildman–Crippen LogP) is 1.12. The molecule has 2 aliphatic heterocycles. The van der Waals surface area contributed by atoms with Gasteiger partial charge in [0.05, 0.1) is 19.3 Å². The summed E-state index contributed by atoms with van der Waals surface area (Å²) in [6.07, 6.45) is 0.924. The van der Waals surface area contributed by atoms with Gasteiger partial charge < -0.3 is 9.64 Å². The van der Waals surface area contributed by atoms with Crippen molar-refractivity contribution in [2.75, 3.05) is 37.7 Å². The summed E-state index contributed by atoms with van der Waals surface area (Å²) in [6.45, 7) is 4.06. The molecule has 2 aliphatic rings. The largest absolute Gasteiger partial charge is 0.379 e. The van der Waals surface area contributed by atoms with E-state index in [0.29, 0.717) is 0 Å². The molecule has 4 heteroatoms. The molecule has 96 valence electrons. The first-order valence-electron chi connectivity index (χ1n) is 6.54. The highest BCUT2D eigenvalue weighted by Crippen LogP contribution is 2.24. The molecule has 0 saturated carbocycles. The molecule has 1 aromatic rings. The molecule has 1 aromatic carbocycles. The van der Waals surface area contributed by atoms with Crippen LogP contribution in [0.2, 0.25) is 0 Å². The summed E-state index contributed by atoms with van der Waals surface area (Å²) in [5, 5.41) is 0. The van der Waals surface area contributed by atoms with Gasteiger partial charge in [-0.1, -0.05) is 18.2 Å². The Bertz CT molecular complexity index is 415. The molecule has 0 radical (unpaired) electrons. The molecule has 0 aromatic heterocycles. The van der Waals surface area contributed by atoms with Crippen LogP contribution in [0.1, 0.15) is 6.42 Å². The monoisotopic (exact) mass is 246 g/mol. The van der Waals surface area contributed by atoms with E-state index in [-0.39, 0.29) is 11.9 Å². The van der Waals surface area contributed by atoms with Gasteiger partial charge >= 0.3 is 0 Å². The van der Waals surface area contributed by atoms with E-state index in [4.69, 9.17) is 4.74 Å². The summed E-state index contributed by atoms with van der Waals surface area (Å²) in [6, 6.07) is 9.98. The van der Waals surface area contributed by atoms with Crippen LogP contribution < -0.4 is 4.90 Å². The Balaban J connectivity index is 1.72. The second kappa shape index (κ2) is 5.08. The second-order valence-electron chi connectivity index (χ2n) is 4.78. The molecule has 0 spiro atoms. The minimum absolute atomic E-state index is 0.0501. The number of hydrogen-bond acceptors (Lipinski definition) is 3. The molecule has 0 aliphatic carbocycles. The zero-order valence-electron chi connectivity index (χ0n) is 10.4. The SMILES string of the molecule is O=C1C(N2CCOCC2)CCN1c1ccccc1. The molecule has 1 amide bonds. The highest BCUT2D eigenvalue weighted by Gasteiger charge is 2.36. The smallest absolute Gasteiger partial charge is 0.244 e. The lowest BCUT2D eigenvalue weighted by atomic mass is 10.2. The molecule has 0 bridgehead atoms. The van der Waals surface area contributed by atoms with Gasteiger partial charge in [-0.2, -0.15) is 0 Å². The van der Waals surface area contributed by atoms with E-state index < -0.39 is 0 Å². The Morgan fingerprint density at radius 1 is 1.06 bits per heavy atom. The molecule has 4 nitrogen and oxygen atoms in total. The lowest BCUT2D eigenvalue weighted by molar-refractivity contribution is -0.123.